The first-order valence-electron chi connectivity index (χ1n) is 5.27. The van der Waals surface area contributed by atoms with Gasteiger partial charge in [0.25, 0.3) is 0 Å². The number of hydrogen-bond donors (Lipinski definition) is 1. The molecule has 86 valence electrons. The van der Waals surface area contributed by atoms with Crippen molar-refractivity contribution in [3.8, 4) is 12.3 Å². The molecule has 0 saturated heterocycles. The highest BCUT2D eigenvalue weighted by atomic mass is 19.1. The Labute approximate surface area is 94.9 Å². The van der Waals surface area contributed by atoms with Gasteiger partial charge in [-0.3, -0.25) is 0 Å². The Hall–Kier alpha value is -1.40. The molecule has 0 amide bonds. The molecule has 0 fully saturated rings. The number of halogens is 2. The zero-order chi connectivity index (χ0) is 12.0. The van der Waals surface area contributed by atoms with E-state index in [4.69, 9.17) is 6.42 Å². The van der Waals surface area contributed by atoms with E-state index in [0.717, 1.165) is 6.42 Å². The van der Waals surface area contributed by atoms with Gasteiger partial charge in [0.15, 0.2) is 0 Å². The number of unbranched alkanes of at least 4 members (excludes halogenated alkanes) is 1. The summed E-state index contributed by atoms with van der Waals surface area (Å²) in [6, 6.07) is 3.54. The molecule has 0 saturated carbocycles. The summed E-state index contributed by atoms with van der Waals surface area (Å²) in [4.78, 5) is 0. The minimum Gasteiger partial charge on any atom is -0.310 e. The molecule has 0 aliphatic carbocycles. The Balaban J connectivity index is 2.59. The second kappa shape index (κ2) is 6.24. The van der Waals surface area contributed by atoms with Gasteiger partial charge in [-0.15, -0.1) is 12.3 Å². The van der Waals surface area contributed by atoms with Crippen molar-refractivity contribution in [1.29, 1.82) is 0 Å². The molecule has 1 atom stereocenters. The third-order valence-electron chi connectivity index (χ3n) is 2.38. The minimum absolute atomic E-state index is 0.0863. The Bertz CT molecular complexity index is 362. The predicted molar refractivity (Wildman–Crippen MR) is 60.8 cm³/mol. The number of terminal acetylenes is 1. The summed E-state index contributed by atoms with van der Waals surface area (Å²) in [5.74, 6) is 1.48. The maximum atomic E-state index is 13.4. The molecular formula is C13H15F2N. The highest BCUT2D eigenvalue weighted by molar-refractivity contribution is 5.22. The Morgan fingerprint density at radius 2 is 2.00 bits per heavy atom. The van der Waals surface area contributed by atoms with Gasteiger partial charge in [-0.1, -0.05) is 6.07 Å². The van der Waals surface area contributed by atoms with Crippen LogP contribution in [0.3, 0.4) is 0 Å². The molecule has 0 aliphatic rings. The van der Waals surface area contributed by atoms with Gasteiger partial charge < -0.3 is 5.32 Å². The summed E-state index contributed by atoms with van der Waals surface area (Å²) in [6.45, 7) is 2.39. The summed E-state index contributed by atoms with van der Waals surface area (Å²) in [5, 5.41) is 3.04. The van der Waals surface area contributed by atoms with Gasteiger partial charge in [0.1, 0.15) is 11.6 Å². The first kappa shape index (κ1) is 12.7. The van der Waals surface area contributed by atoms with Gasteiger partial charge in [-0.05, 0) is 32.0 Å². The first-order valence-corrected chi connectivity index (χ1v) is 5.27. The Kier molecular flexibility index (Phi) is 4.94. The van der Waals surface area contributed by atoms with Gasteiger partial charge >= 0.3 is 0 Å². The maximum Gasteiger partial charge on any atom is 0.130 e. The van der Waals surface area contributed by atoms with E-state index < -0.39 is 11.6 Å². The van der Waals surface area contributed by atoms with Crippen molar-refractivity contribution in [3.63, 3.8) is 0 Å². The molecule has 1 aromatic rings. The lowest BCUT2D eigenvalue weighted by Crippen LogP contribution is -2.21. The largest absolute Gasteiger partial charge is 0.310 e. The van der Waals surface area contributed by atoms with Crippen LogP contribution in [0, 0.1) is 24.0 Å². The van der Waals surface area contributed by atoms with Gasteiger partial charge in [-0.2, -0.15) is 0 Å². The van der Waals surface area contributed by atoms with Crippen molar-refractivity contribution in [3.05, 3.63) is 35.4 Å². The maximum absolute atomic E-state index is 13.4. The summed E-state index contributed by atoms with van der Waals surface area (Å²) in [7, 11) is 0. The SMILES string of the molecule is C#CCCCNC(C)c1c(F)cccc1F. The minimum atomic E-state index is -0.517. The van der Waals surface area contributed by atoms with Crippen molar-refractivity contribution in [2.24, 2.45) is 0 Å². The highest BCUT2D eigenvalue weighted by Gasteiger charge is 2.14. The van der Waals surface area contributed by atoms with Crippen LogP contribution < -0.4 is 5.32 Å². The molecule has 3 heteroatoms. The normalized spacial score (nSPS) is 12.1. The average molecular weight is 223 g/mol. The van der Waals surface area contributed by atoms with Crippen LogP contribution in [0.1, 0.15) is 31.4 Å². The molecule has 1 unspecified atom stereocenters. The molecule has 1 aromatic carbocycles. The smallest absolute Gasteiger partial charge is 0.130 e. The highest BCUT2D eigenvalue weighted by Crippen LogP contribution is 2.19. The topological polar surface area (TPSA) is 12.0 Å². The van der Waals surface area contributed by atoms with E-state index >= 15 is 0 Å². The fraction of sp³-hybridized carbons (Fsp3) is 0.385. The van der Waals surface area contributed by atoms with E-state index in [2.05, 4.69) is 11.2 Å². The monoisotopic (exact) mass is 223 g/mol. The van der Waals surface area contributed by atoms with E-state index in [1.807, 2.05) is 0 Å². The van der Waals surface area contributed by atoms with Gasteiger partial charge in [0.2, 0.25) is 0 Å². The summed E-state index contributed by atoms with van der Waals surface area (Å²) in [5.41, 5.74) is 0.0863. The van der Waals surface area contributed by atoms with Crippen LogP contribution in [0.15, 0.2) is 18.2 Å². The van der Waals surface area contributed by atoms with Crippen molar-refractivity contribution < 1.29 is 8.78 Å². The van der Waals surface area contributed by atoms with Crippen molar-refractivity contribution in [2.45, 2.75) is 25.8 Å². The van der Waals surface area contributed by atoms with Crippen LogP contribution in [0.4, 0.5) is 8.78 Å². The quantitative estimate of drug-likeness (QED) is 0.597. The number of rotatable bonds is 5. The fourth-order valence-electron chi connectivity index (χ4n) is 1.54. The first-order chi connectivity index (χ1) is 7.66. The van der Waals surface area contributed by atoms with E-state index in [-0.39, 0.29) is 11.6 Å². The summed E-state index contributed by atoms with van der Waals surface area (Å²) >= 11 is 0. The molecule has 1 N–H and O–H groups in total. The number of hydrogen-bond acceptors (Lipinski definition) is 1. The van der Waals surface area contributed by atoms with Gasteiger partial charge in [-0.25, -0.2) is 8.78 Å². The predicted octanol–water partition coefficient (Wildman–Crippen LogP) is 3.03. The zero-order valence-electron chi connectivity index (χ0n) is 9.26. The van der Waals surface area contributed by atoms with Gasteiger partial charge in [0, 0.05) is 18.0 Å². The molecule has 1 nitrogen and oxygen atoms in total. The lowest BCUT2D eigenvalue weighted by Gasteiger charge is -2.15. The van der Waals surface area contributed by atoms with Crippen LogP contribution in [0.5, 0.6) is 0 Å². The van der Waals surface area contributed by atoms with Crippen molar-refractivity contribution in [2.75, 3.05) is 6.54 Å². The lowest BCUT2D eigenvalue weighted by molar-refractivity contribution is 0.485. The second-order valence-electron chi connectivity index (χ2n) is 3.62. The summed E-state index contributed by atoms with van der Waals surface area (Å²) < 4.78 is 26.7. The van der Waals surface area contributed by atoms with E-state index in [0.29, 0.717) is 13.0 Å². The third-order valence-corrected chi connectivity index (χ3v) is 2.38. The molecule has 16 heavy (non-hydrogen) atoms. The molecule has 0 spiro atoms. The fourth-order valence-corrected chi connectivity index (χ4v) is 1.54. The molecule has 0 aliphatic heterocycles. The van der Waals surface area contributed by atoms with Crippen LogP contribution in [0.2, 0.25) is 0 Å². The van der Waals surface area contributed by atoms with E-state index in [1.54, 1.807) is 6.92 Å². The molecule has 1 rings (SSSR count). The molecule has 0 heterocycles. The number of benzene rings is 1. The van der Waals surface area contributed by atoms with Crippen LogP contribution in [-0.4, -0.2) is 6.54 Å². The zero-order valence-corrected chi connectivity index (χ0v) is 9.26. The Morgan fingerprint density at radius 3 is 2.56 bits per heavy atom. The molecule has 0 bridgehead atoms. The molecule has 0 radical (unpaired) electrons. The van der Waals surface area contributed by atoms with Crippen LogP contribution in [-0.2, 0) is 0 Å². The van der Waals surface area contributed by atoms with Crippen molar-refractivity contribution >= 4 is 0 Å². The van der Waals surface area contributed by atoms with Crippen LogP contribution in [0.25, 0.3) is 0 Å². The third kappa shape index (κ3) is 3.32. The van der Waals surface area contributed by atoms with Crippen molar-refractivity contribution in [1.82, 2.24) is 5.32 Å². The van der Waals surface area contributed by atoms with Crippen LogP contribution >= 0.6 is 0 Å². The molecular weight excluding hydrogens is 208 g/mol. The average Bonchev–Trinajstić information content (AvgIpc) is 2.24. The molecule has 0 aromatic heterocycles. The van der Waals surface area contributed by atoms with Gasteiger partial charge in [0.05, 0.1) is 0 Å². The lowest BCUT2D eigenvalue weighted by atomic mass is 10.1. The number of nitrogens with one attached hydrogen (secondary N) is 1. The second-order valence-corrected chi connectivity index (χ2v) is 3.62. The summed E-state index contributed by atoms with van der Waals surface area (Å²) in [6.07, 6.45) is 6.58. The Morgan fingerprint density at radius 1 is 1.38 bits per heavy atom. The van der Waals surface area contributed by atoms with E-state index in [1.165, 1.54) is 18.2 Å². The standard InChI is InChI=1S/C13H15F2N/c1-3-4-5-9-16-10(2)13-11(14)7-6-8-12(13)15/h1,6-8,10,16H,4-5,9H2,2H3. The van der Waals surface area contributed by atoms with E-state index in [9.17, 15) is 8.78 Å².